The summed E-state index contributed by atoms with van der Waals surface area (Å²) in [6.07, 6.45) is 2.82. The number of rotatable bonds is 11. The second-order valence-corrected chi connectivity index (χ2v) is 4.91. The van der Waals surface area contributed by atoms with E-state index in [-0.39, 0.29) is 0 Å². The normalized spacial score (nSPS) is 17.6. The summed E-state index contributed by atoms with van der Waals surface area (Å²) in [5.41, 5.74) is 0. The van der Waals surface area contributed by atoms with Crippen LogP contribution in [0.25, 0.3) is 0 Å². The molecule has 1 unspecified atom stereocenters. The number of methoxy groups -OCH3 is 2. The van der Waals surface area contributed by atoms with E-state index in [1.165, 1.54) is 12.8 Å². The summed E-state index contributed by atoms with van der Waals surface area (Å²) < 4.78 is 10.3. The molecule has 0 radical (unpaired) electrons. The fourth-order valence-corrected chi connectivity index (χ4v) is 1.99. The van der Waals surface area contributed by atoms with Crippen LogP contribution in [0.5, 0.6) is 0 Å². The molecule has 0 aromatic heterocycles. The van der Waals surface area contributed by atoms with Crippen molar-refractivity contribution >= 4 is 0 Å². The highest BCUT2D eigenvalue weighted by atomic mass is 16.5. The lowest BCUT2D eigenvalue weighted by Crippen LogP contribution is -2.39. The molecule has 0 aromatic carbocycles. The number of hydrogen-bond donors (Lipinski definition) is 1. The van der Waals surface area contributed by atoms with E-state index in [4.69, 9.17) is 9.47 Å². The van der Waals surface area contributed by atoms with Crippen molar-refractivity contribution in [2.75, 3.05) is 53.6 Å². The molecule has 4 nitrogen and oxygen atoms in total. The SMILES string of the molecule is COCCN(CCNC(C)C1CC1)CCOC. The van der Waals surface area contributed by atoms with Crippen LogP contribution in [0.15, 0.2) is 0 Å². The Balaban J connectivity index is 2.07. The molecule has 0 spiro atoms. The van der Waals surface area contributed by atoms with Gasteiger partial charge in [-0.15, -0.1) is 0 Å². The Labute approximate surface area is 106 Å². The van der Waals surface area contributed by atoms with Crippen molar-refractivity contribution in [1.29, 1.82) is 0 Å². The topological polar surface area (TPSA) is 33.7 Å². The molecule has 1 rings (SSSR count). The summed E-state index contributed by atoms with van der Waals surface area (Å²) in [6.45, 7) is 7.99. The molecule has 1 N–H and O–H groups in total. The van der Waals surface area contributed by atoms with Crippen molar-refractivity contribution in [3.63, 3.8) is 0 Å². The summed E-state index contributed by atoms with van der Waals surface area (Å²) in [6, 6.07) is 0.682. The van der Waals surface area contributed by atoms with Gasteiger partial charge < -0.3 is 14.8 Å². The summed E-state index contributed by atoms with van der Waals surface area (Å²) >= 11 is 0. The molecule has 102 valence electrons. The molecular weight excluding hydrogens is 216 g/mol. The van der Waals surface area contributed by atoms with E-state index < -0.39 is 0 Å². The van der Waals surface area contributed by atoms with Crippen molar-refractivity contribution in [2.24, 2.45) is 5.92 Å². The molecule has 0 bridgehead atoms. The maximum atomic E-state index is 5.13. The van der Waals surface area contributed by atoms with E-state index in [1.54, 1.807) is 14.2 Å². The van der Waals surface area contributed by atoms with Crippen LogP contribution >= 0.6 is 0 Å². The molecule has 1 aliphatic carbocycles. The average Bonchev–Trinajstić information content (AvgIpc) is 3.15. The Kier molecular flexibility index (Phi) is 7.77. The van der Waals surface area contributed by atoms with Crippen molar-refractivity contribution < 1.29 is 9.47 Å². The first-order valence-electron chi connectivity index (χ1n) is 6.71. The van der Waals surface area contributed by atoms with Gasteiger partial charge in [0.1, 0.15) is 0 Å². The van der Waals surface area contributed by atoms with Gasteiger partial charge in [-0.05, 0) is 25.7 Å². The van der Waals surface area contributed by atoms with Gasteiger partial charge in [-0.1, -0.05) is 0 Å². The van der Waals surface area contributed by atoms with Gasteiger partial charge in [0.2, 0.25) is 0 Å². The number of nitrogens with one attached hydrogen (secondary N) is 1. The van der Waals surface area contributed by atoms with Crippen molar-refractivity contribution in [1.82, 2.24) is 10.2 Å². The first kappa shape index (κ1) is 14.9. The standard InChI is InChI=1S/C13H28N2O2/c1-12(13-4-5-13)14-6-7-15(8-10-16-2)9-11-17-3/h12-14H,4-11H2,1-3H3. The Bertz CT molecular complexity index is 178. The highest BCUT2D eigenvalue weighted by Crippen LogP contribution is 2.32. The van der Waals surface area contributed by atoms with Crippen LogP contribution in [-0.2, 0) is 9.47 Å². The molecule has 0 heterocycles. The molecule has 1 atom stereocenters. The van der Waals surface area contributed by atoms with Gasteiger partial charge >= 0.3 is 0 Å². The van der Waals surface area contributed by atoms with Crippen LogP contribution < -0.4 is 5.32 Å². The van der Waals surface area contributed by atoms with Gasteiger partial charge in [0.25, 0.3) is 0 Å². The lowest BCUT2D eigenvalue weighted by Gasteiger charge is -2.23. The lowest BCUT2D eigenvalue weighted by molar-refractivity contribution is 0.114. The van der Waals surface area contributed by atoms with E-state index in [0.717, 1.165) is 45.3 Å². The van der Waals surface area contributed by atoms with Gasteiger partial charge in [0, 0.05) is 46.4 Å². The molecule has 0 amide bonds. The zero-order valence-corrected chi connectivity index (χ0v) is 11.6. The van der Waals surface area contributed by atoms with Crippen LogP contribution in [0.1, 0.15) is 19.8 Å². The van der Waals surface area contributed by atoms with Crippen LogP contribution in [0.2, 0.25) is 0 Å². The second-order valence-electron chi connectivity index (χ2n) is 4.91. The molecule has 1 saturated carbocycles. The smallest absolute Gasteiger partial charge is 0.0589 e. The van der Waals surface area contributed by atoms with E-state index in [0.29, 0.717) is 6.04 Å². The van der Waals surface area contributed by atoms with Crippen LogP contribution in [0.3, 0.4) is 0 Å². The van der Waals surface area contributed by atoms with Gasteiger partial charge in [0.15, 0.2) is 0 Å². The third-order valence-electron chi connectivity index (χ3n) is 3.45. The lowest BCUT2D eigenvalue weighted by atomic mass is 10.2. The molecule has 4 heteroatoms. The molecular formula is C13H28N2O2. The quantitative estimate of drug-likeness (QED) is 0.587. The Morgan fingerprint density at radius 2 is 1.71 bits per heavy atom. The first-order valence-corrected chi connectivity index (χ1v) is 6.71. The van der Waals surface area contributed by atoms with Crippen LogP contribution in [0.4, 0.5) is 0 Å². The fraction of sp³-hybridized carbons (Fsp3) is 1.00. The van der Waals surface area contributed by atoms with E-state index in [2.05, 4.69) is 17.1 Å². The highest BCUT2D eigenvalue weighted by molar-refractivity contribution is 4.83. The largest absolute Gasteiger partial charge is 0.383 e. The molecule has 0 aromatic rings. The summed E-state index contributed by atoms with van der Waals surface area (Å²) in [4.78, 5) is 2.39. The van der Waals surface area contributed by atoms with Gasteiger partial charge in [-0.2, -0.15) is 0 Å². The Hall–Kier alpha value is -0.160. The van der Waals surface area contributed by atoms with E-state index >= 15 is 0 Å². The first-order chi connectivity index (χ1) is 8.27. The van der Waals surface area contributed by atoms with Crippen molar-refractivity contribution in [3.05, 3.63) is 0 Å². The highest BCUT2D eigenvalue weighted by Gasteiger charge is 2.27. The van der Waals surface area contributed by atoms with Gasteiger partial charge in [-0.25, -0.2) is 0 Å². The maximum absolute atomic E-state index is 5.13. The summed E-state index contributed by atoms with van der Waals surface area (Å²) in [5.74, 6) is 0.932. The third-order valence-corrected chi connectivity index (χ3v) is 3.45. The molecule has 1 aliphatic rings. The van der Waals surface area contributed by atoms with Crippen LogP contribution in [-0.4, -0.2) is 64.6 Å². The Morgan fingerprint density at radius 3 is 2.18 bits per heavy atom. The van der Waals surface area contributed by atoms with Gasteiger partial charge in [0.05, 0.1) is 13.2 Å². The zero-order valence-electron chi connectivity index (χ0n) is 11.6. The zero-order chi connectivity index (χ0) is 12.5. The average molecular weight is 244 g/mol. The Morgan fingerprint density at radius 1 is 1.12 bits per heavy atom. The fourth-order valence-electron chi connectivity index (χ4n) is 1.99. The summed E-state index contributed by atoms with van der Waals surface area (Å²) in [5, 5.41) is 3.60. The van der Waals surface area contributed by atoms with E-state index in [9.17, 15) is 0 Å². The molecule has 0 saturated heterocycles. The van der Waals surface area contributed by atoms with Crippen molar-refractivity contribution in [3.8, 4) is 0 Å². The predicted octanol–water partition coefficient (Wildman–Crippen LogP) is 0.969. The minimum Gasteiger partial charge on any atom is -0.383 e. The number of ether oxygens (including phenoxy) is 2. The van der Waals surface area contributed by atoms with Crippen molar-refractivity contribution in [2.45, 2.75) is 25.8 Å². The molecule has 17 heavy (non-hydrogen) atoms. The third kappa shape index (κ3) is 6.99. The van der Waals surface area contributed by atoms with Gasteiger partial charge in [-0.3, -0.25) is 4.90 Å². The molecule has 1 fully saturated rings. The molecule has 0 aliphatic heterocycles. The van der Waals surface area contributed by atoms with E-state index in [1.807, 2.05) is 0 Å². The maximum Gasteiger partial charge on any atom is 0.0589 e. The predicted molar refractivity (Wildman–Crippen MR) is 70.4 cm³/mol. The minimum absolute atomic E-state index is 0.682. The monoisotopic (exact) mass is 244 g/mol. The minimum atomic E-state index is 0.682. The second kappa shape index (κ2) is 8.86. The number of hydrogen-bond acceptors (Lipinski definition) is 4. The number of nitrogens with zero attached hydrogens (tertiary/aromatic N) is 1. The summed E-state index contributed by atoms with van der Waals surface area (Å²) in [7, 11) is 3.50. The van der Waals surface area contributed by atoms with Crippen LogP contribution in [0, 0.1) is 5.92 Å².